The molecule has 0 aromatic heterocycles. The van der Waals surface area contributed by atoms with Gasteiger partial charge in [-0.25, -0.2) is 4.21 Å². The van der Waals surface area contributed by atoms with Crippen molar-refractivity contribution in [2.75, 3.05) is 6.79 Å². The third-order valence-electron chi connectivity index (χ3n) is 2.42. The van der Waals surface area contributed by atoms with Gasteiger partial charge in [0.15, 0.2) is 11.5 Å². The summed E-state index contributed by atoms with van der Waals surface area (Å²) in [6.45, 7) is 1.46. The lowest BCUT2D eigenvalue weighted by Crippen LogP contribution is -2.08. The summed E-state index contributed by atoms with van der Waals surface area (Å²) in [5.74, 6) is 0.693. The zero-order chi connectivity index (χ0) is 13.3. The predicted molar refractivity (Wildman–Crippen MR) is 61.2 cm³/mol. The van der Waals surface area contributed by atoms with Crippen LogP contribution in [0.25, 0.3) is 0 Å². The highest BCUT2D eigenvalue weighted by Crippen LogP contribution is 2.42. The van der Waals surface area contributed by atoms with Crippen molar-refractivity contribution < 1.29 is 27.2 Å². The van der Waals surface area contributed by atoms with Gasteiger partial charge in [-0.05, 0) is 30.7 Å². The Balaban J connectivity index is 2.51. The summed E-state index contributed by atoms with van der Waals surface area (Å²) in [7, 11) is 0. The van der Waals surface area contributed by atoms with E-state index in [1.807, 2.05) is 0 Å². The molecule has 0 saturated heterocycles. The van der Waals surface area contributed by atoms with Crippen molar-refractivity contribution in [2.45, 2.75) is 13.0 Å². The molecule has 0 saturated carbocycles. The van der Waals surface area contributed by atoms with E-state index in [4.69, 9.17) is 21.1 Å². The van der Waals surface area contributed by atoms with E-state index in [-0.39, 0.29) is 23.7 Å². The normalized spacial score (nSPS) is 16.4. The SMILES string of the molecule is CC(OS(=O)[O-])c1c(C(=O)Cl)ccc2c1OCO2. The lowest BCUT2D eigenvalue weighted by Gasteiger charge is -2.18. The molecule has 18 heavy (non-hydrogen) atoms. The van der Waals surface area contributed by atoms with Gasteiger partial charge < -0.3 is 14.0 Å². The standard InChI is InChI=1S/C10H9ClO6S/c1-5(17-18(13)14)8-6(10(11)12)2-3-7-9(8)16-4-15-7/h2-3,5H,4H2,1H3,(H,13,14)/p-1. The second kappa shape index (κ2) is 5.23. The first kappa shape index (κ1) is 13.3. The smallest absolute Gasteiger partial charge is 0.252 e. The maximum Gasteiger partial charge on any atom is 0.252 e. The molecule has 8 heteroatoms. The minimum atomic E-state index is -2.71. The molecule has 0 N–H and O–H groups in total. The van der Waals surface area contributed by atoms with Crippen molar-refractivity contribution in [3.05, 3.63) is 23.3 Å². The number of fused-ring (bicyclic) bond motifs is 1. The molecule has 1 aliphatic heterocycles. The summed E-state index contributed by atoms with van der Waals surface area (Å²) in [5, 5.41) is -0.726. The third kappa shape index (κ3) is 2.49. The number of rotatable bonds is 4. The van der Waals surface area contributed by atoms with Crippen LogP contribution in [0, 0.1) is 0 Å². The number of ether oxygens (including phenoxy) is 2. The van der Waals surface area contributed by atoms with Crippen LogP contribution < -0.4 is 9.47 Å². The fraction of sp³-hybridized carbons (Fsp3) is 0.300. The average Bonchev–Trinajstić information content (AvgIpc) is 2.73. The Bertz CT molecular complexity index is 517. The Kier molecular flexibility index (Phi) is 3.86. The maximum atomic E-state index is 11.3. The highest BCUT2D eigenvalue weighted by molar-refractivity contribution is 7.74. The van der Waals surface area contributed by atoms with Crippen molar-refractivity contribution in [1.29, 1.82) is 0 Å². The molecule has 1 aromatic carbocycles. The van der Waals surface area contributed by atoms with Gasteiger partial charge in [-0.15, -0.1) is 0 Å². The Morgan fingerprint density at radius 3 is 2.89 bits per heavy atom. The first-order valence-electron chi connectivity index (χ1n) is 4.89. The van der Waals surface area contributed by atoms with Crippen LogP contribution in [0.2, 0.25) is 0 Å². The van der Waals surface area contributed by atoms with Gasteiger partial charge in [-0.3, -0.25) is 8.98 Å². The zero-order valence-electron chi connectivity index (χ0n) is 9.17. The number of carbonyl (C=O) groups is 1. The molecule has 1 aromatic rings. The molecule has 2 unspecified atom stereocenters. The molecular weight excluding hydrogens is 284 g/mol. The van der Waals surface area contributed by atoms with Crippen LogP contribution in [0.4, 0.5) is 0 Å². The monoisotopic (exact) mass is 291 g/mol. The van der Waals surface area contributed by atoms with Crippen LogP contribution in [0.5, 0.6) is 11.5 Å². The number of benzene rings is 1. The molecule has 98 valence electrons. The Morgan fingerprint density at radius 2 is 2.28 bits per heavy atom. The fourth-order valence-corrected chi connectivity index (χ4v) is 2.23. The predicted octanol–water partition coefficient (Wildman–Crippen LogP) is 1.67. The van der Waals surface area contributed by atoms with Gasteiger partial charge in [0.1, 0.15) is 6.10 Å². The summed E-state index contributed by atoms with van der Waals surface area (Å²) in [6, 6.07) is 2.97. The van der Waals surface area contributed by atoms with Gasteiger partial charge in [-0.2, -0.15) is 0 Å². The van der Waals surface area contributed by atoms with E-state index in [0.29, 0.717) is 5.75 Å². The second-order valence-electron chi connectivity index (χ2n) is 3.48. The Hall–Kier alpha value is -1.15. The van der Waals surface area contributed by atoms with Crippen molar-refractivity contribution in [3.63, 3.8) is 0 Å². The van der Waals surface area contributed by atoms with Gasteiger partial charge in [-0.1, -0.05) is 0 Å². The van der Waals surface area contributed by atoms with Gasteiger partial charge in [0.05, 0.1) is 11.4 Å². The summed E-state index contributed by atoms with van der Waals surface area (Å²) in [5.41, 5.74) is 0.382. The van der Waals surface area contributed by atoms with Crippen LogP contribution in [-0.4, -0.2) is 20.8 Å². The Labute approximate surface area is 110 Å². The van der Waals surface area contributed by atoms with Crippen LogP contribution in [0.3, 0.4) is 0 Å². The largest absolute Gasteiger partial charge is 0.750 e. The summed E-state index contributed by atoms with van der Waals surface area (Å²) in [4.78, 5) is 11.3. The van der Waals surface area contributed by atoms with Crippen LogP contribution in [-0.2, 0) is 15.5 Å². The maximum absolute atomic E-state index is 11.3. The molecule has 0 amide bonds. The quantitative estimate of drug-likeness (QED) is 0.619. The first-order chi connectivity index (χ1) is 8.50. The summed E-state index contributed by atoms with van der Waals surface area (Å²) >= 11 is 2.73. The van der Waals surface area contributed by atoms with Gasteiger partial charge >= 0.3 is 0 Å². The van der Waals surface area contributed by atoms with Gasteiger partial charge in [0.25, 0.3) is 5.24 Å². The molecule has 0 fully saturated rings. The zero-order valence-corrected chi connectivity index (χ0v) is 10.7. The molecule has 2 rings (SSSR count). The lowest BCUT2D eigenvalue weighted by atomic mass is 10.0. The van der Waals surface area contributed by atoms with Gasteiger partial charge in [0, 0.05) is 11.1 Å². The molecule has 6 nitrogen and oxygen atoms in total. The molecular formula is C10H8ClO6S-. The molecule has 0 aliphatic carbocycles. The van der Waals surface area contributed by atoms with E-state index < -0.39 is 22.7 Å². The summed E-state index contributed by atoms with van der Waals surface area (Å²) in [6.07, 6.45) is -0.905. The van der Waals surface area contributed by atoms with Crippen molar-refractivity contribution >= 4 is 28.2 Å². The highest BCUT2D eigenvalue weighted by atomic mass is 35.5. The van der Waals surface area contributed by atoms with Crippen molar-refractivity contribution in [1.82, 2.24) is 0 Å². The number of hydrogen-bond donors (Lipinski definition) is 0. The minimum absolute atomic E-state index is 0.00452. The topological polar surface area (TPSA) is 84.9 Å². The van der Waals surface area contributed by atoms with E-state index in [2.05, 4.69) is 4.18 Å². The number of hydrogen-bond acceptors (Lipinski definition) is 6. The fourth-order valence-electron chi connectivity index (χ4n) is 1.73. The second-order valence-corrected chi connectivity index (χ2v) is 4.42. The molecule has 0 radical (unpaired) electrons. The number of carbonyl (C=O) groups excluding carboxylic acids is 1. The number of halogens is 1. The van der Waals surface area contributed by atoms with Crippen LogP contribution in [0.15, 0.2) is 12.1 Å². The first-order valence-corrected chi connectivity index (χ1v) is 6.27. The third-order valence-corrected chi connectivity index (χ3v) is 3.07. The molecule has 2 atom stereocenters. The summed E-state index contributed by atoms with van der Waals surface area (Å²) < 4.78 is 36.1. The molecule has 0 bridgehead atoms. The van der Waals surface area contributed by atoms with Crippen molar-refractivity contribution in [2.24, 2.45) is 0 Å². The average molecular weight is 292 g/mol. The Morgan fingerprint density at radius 1 is 1.56 bits per heavy atom. The molecule has 1 aliphatic rings. The van der Waals surface area contributed by atoms with E-state index in [0.717, 1.165) is 0 Å². The lowest BCUT2D eigenvalue weighted by molar-refractivity contribution is 0.107. The highest BCUT2D eigenvalue weighted by Gasteiger charge is 2.27. The van der Waals surface area contributed by atoms with E-state index in [1.165, 1.54) is 19.1 Å². The van der Waals surface area contributed by atoms with E-state index >= 15 is 0 Å². The van der Waals surface area contributed by atoms with Gasteiger partial charge in [0.2, 0.25) is 6.79 Å². The van der Waals surface area contributed by atoms with Crippen LogP contribution in [0.1, 0.15) is 28.9 Å². The minimum Gasteiger partial charge on any atom is -0.750 e. The van der Waals surface area contributed by atoms with E-state index in [1.54, 1.807) is 0 Å². The van der Waals surface area contributed by atoms with E-state index in [9.17, 15) is 13.6 Å². The molecule has 0 spiro atoms. The van der Waals surface area contributed by atoms with Crippen molar-refractivity contribution in [3.8, 4) is 11.5 Å². The van der Waals surface area contributed by atoms with Crippen LogP contribution >= 0.6 is 11.6 Å². The molecule has 1 heterocycles.